The van der Waals surface area contributed by atoms with E-state index in [1.807, 2.05) is 78.9 Å². The summed E-state index contributed by atoms with van der Waals surface area (Å²) in [7, 11) is 0. The van der Waals surface area contributed by atoms with E-state index in [1.54, 1.807) is 0 Å². The molecule has 0 aliphatic rings. The van der Waals surface area contributed by atoms with Gasteiger partial charge in [-0.05, 0) is 64.6 Å². The highest BCUT2D eigenvalue weighted by Gasteiger charge is 2.11. The molecule has 1 aromatic heterocycles. The molecule has 0 aliphatic carbocycles. The van der Waals surface area contributed by atoms with Gasteiger partial charge >= 0.3 is 0 Å². The average molecular weight is 525 g/mol. The number of nitrogens with zero attached hydrogens (tertiary/aromatic N) is 2. The summed E-state index contributed by atoms with van der Waals surface area (Å²) in [5, 5.41) is 6.87. The first-order chi connectivity index (χ1) is 15.2. The van der Waals surface area contributed by atoms with Crippen LogP contribution in [0.3, 0.4) is 0 Å². The van der Waals surface area contributed by atoms with Crippen LogP contribution >= 0.6 is 22.6 Å². The standard InChI is InChI=1S/C24H20IN3O3/c25-19-8-6-18(7-9-19)24-27-23(31-28-24)15-14-22(29)26-20-10-12-21(13-11-20)30-16-17-4-2-1-3-5-17/h1-13H,14-16H2,(H,26,29). The Kier molecular flexibility index (Phi) is 6.93. The van der Waals surface area contributed by atoms with Gasteiger partial charge in [-0.2, -0.15) is 4.98 Å². The van der Waals surface area contributed by atoms with Crippen molar-refractivity contribution in [1.29, 1.82) is 0 Å². The van der Waals surface area contributed by atoms with Gasteiger partial charge in [0.15, 0.2) is 0 Å². The van der Waals surface area contributed by atoms with E-state index < -0.39 is 0 Å². The van der Waals surface area contributed by atoms with Crippen LogP contribution in [0.5, 0.6) is 5.75 Å². The second-order valence-corrected chi connectivity index (χ2v) is 8.11. The molecule has 1 N–H and O–H groups in total. The predicted molar refractivity (Wildman–Crippen MR) is 127 cm³/mol. The Bertz CT molecular complexity index is 1130. The molecule has 3 aromatic carbocycles. The number of carbonyl (C=O) groups excluding carboxylic acids is 1. The summed E-state index contributed by atoms with van der Waals surface area (Å²) in [6.07, 6.45) is 0.627. The minimum Gasteiger partial charge on any atom is -0.489 e. The van der Waals surface area contributed by atoms with Gasteiger partial charge in [0.2, 0.25) is 17.6 Å². The quantitative estimate of drug-likeness (QED) is 0.308. The van der Waals surface area contributed by atoms with Crippen LogP contribution in [0, 0.1) is 3.57 Å². The van der Waals surface area contributed by atoms with E-state index in [0.717, 1.165) is 20.4 Å². The van der Waals surface area contributed by atoms with Crippen LogP contribution in [0.1, 0.15) is 17.9 Å². The number of aryl methyl sites for hydroxylation is 1. The largest absolute Gasteiger partial charge is 0.489 e. The van der Waals surface area contributed by atoms with Gasteiger partial charge in [-0.25, -0.2) is 0 Å². The SMILES string of the molecule is O=C(CCc1nc(-c2ccc(I)cc2)no1)Nc1ccc(OCc2ccccc2)cc1. The summed E-state index contributed by atoms with van der Waals surface area (Å²) in [5.41, 5.74) is 2.70. The highest BCUT2D eigenvalue weighted by atomic mass is 127. The van der Waals surface area contributed by atoms with Crippen LogP contribution in [0.4, 0.5) is 5.69 Å². The van der Waals surface area contributed by atoms with Crippen molar-refractivity contribution >= 4 is 34.2 Å². The highest BCUT2D eigenvalue weighted by Crippen LogP contribution is 2.19. The third kappa shape index (κ3) is 6.14. The molecule has 4 aromatic rings. The topological polar surface area (TPSA) is 77.2 Å². The van der Waals surface area contributed by atoms with Crippen LogP contribution in [0.25, 0.3) is 11.4 Å². The maximum absolute atomic E-state index is 12.3. The number of aromatic nitrogens is 2. The Morgan fingerprint density at radius 3 is 2.45 bits per heavy atom. The van der Waals surface area contributed by atoms with Crippen LogP contribution < -0.4 is 10.1 Å². The maximum Gasteiger partial charge on any atom is 0.227 e. The number of hydrogen-bond acceptors (Lipinski definition) is 5. The lowest BCUT2D eigenvalue weighted by Crippen LogP contribution is -2.12. The first kappa shape index (κ1) is 21.0. The van der Waals surface area contributed by atoms with Crippen molar-refractivity contribution in [2.24, 2.45) is 0 Å². The third-order valence-corrected chi connectivity index (χ3v) is 5.24. The Labute approximate surface area is 193 Å². The molecule has 6 nitrogen and oxygen atoms in total. The predicted octanol–water partition coefficient (Wildman–Crippen LogP) is 5.49. The number of anilines is 1. The summed E-state index contributed by atoms with van der Waals surface area (Å²) in [5.74, 6) is 1.59. The van der Waals surface area contributed by atoms with E-state index in [1.165, 1.54) is 0 Å². The van der Waals surface area contributed by atoms with Gasteiger partial charge in [0.05, 0.1) is 0 Å². The van der Waals surface area contributed by atoms with E-state index in [4.69, 9.17) is 9.26 Å². The fourth-order valence-electron chi connectivity index (χ4n) is 2.89. The number of hydrogen-bond donors (Lipinski definition) is 1. The molecule has 0 unspecified atom stereocenters. The molecule has 0 atom stereocenters. The molecule has 0 aliphatic heterocycles. The molecule has 156 valence electrons. The van der Waals surface area contributed by atoms with Crippen molar-refractivity contribution in [2.45, 2.75) is 19.4 Å². The van der Waals surface area contributed by atoms with Crippen molar-refractivity contribution in [3.8, 4) is 17.1 Å². The fourth-order valence-corrected chi connectivity index (χ4v) is 3.25. The number of ether oxygens (including phenoxy) is 1. The molecule has 0 bridgehead atoms. The summed E-state index contributed by atoms with van der Waals surface area (Å²) >= 11 is 2.24. The van der Waals surface area contributed by atoms with Crippen LogP contribution in [-0.2, 0) is 17.8 Å². The van der Waals surface area contributed by atoms with Gasteiger partial charge in [0.25, 0.3) is 0 Å². The highest BCUT2D eigenvalue weighted by molar-refractivity contribution is 14.1. The lowest BCUT2D eigenvalue weighted by atomic mass is 10.2. The number of halogens is 1. The normalized spacial score (nSPS) is 10.6. The fraction of sp³-hybridized carbons (Fsp3) is 0.125. The Morgan fingerprint density at radius 2 is 1.71 bits per heavy atom. The van der Waals surface area contributed by atoms with Gasteiger partial charge in [-0.15, -0.1) is 0 Å². The summed E-state index contributed by atoms with van der Waals surface area (Å²) in [6.45, 7) is 0.501. The zero-order valence-corrected chi connectivity index (χ0v) is 18.8. The smallest absolute Gasteiger partial charge is 0.227 e. The lowest BCUT2D eigenvalue weighted by Gasteiger charge is -2.08. The van der Waals surface area contributed by atoms with E-state index in [0.29, 0.717) is 30.4 Å². The maximum atomic E-state index is 12.3. The molecule has 0 saturated carbocycles. The average Bonchev–Trinajstić information content (AvgIpc) is 3.28. The second kappa shape index (κ2) is 10.2. The van der Waals surface area contributed by atoms with Crippen LogP contribution in [0.15, 0.2) is 83.4 Å². The Balaban J connectivity index is 1.25. The number of amides is 1. The summed E-state index contributed by atoms with van der Waals surface area (Å²) < 4.78 is 12.2. The monoisotopic (exact) mass is 525 g/mol. The summed E-state index contributed by atoms with van der Waals surface area (Å²) in [6, 6.07) is 25.1. The minimum absolute atomic E-state index is 0.119. The van der Waals surface area contributed by atoms with E-state index in [-0.39, 0.29) is 12.3 Å². The molecule has 0 saturated heterocycles. The number of rotatable bonds is 8. The second-order valence-electron chi connectivity index (χ2n) is 6.87. The lowest BCUT2D eigenvalue weighted by molar-refractivity contribution is -0.116. The van der Waals surface area contributed by atoms with Gasteiger partial charge in [-0.1, -0.05) is 47.6 Å². The Hall–Kier alpha value is -3.20. The molecule has 0 radical (unpaired) electrons. The molecule has 1 heterocycles. The molecular weight excluding hydrogens is 505 g/mol. The van der Waals surface area contributed by atoms with Gasteiger partial charge < -0.3 is 14.6 Å². The Morgan fingerprint density at radius 1 is 0.968 bits per heavy atom. The molecule has 0 spiro atoms. The molecule has 0 fully saturated rings. The van der Waals surface area contributed by atoms with Gasteiger partial charge in [-0.3, -0.25) is 4.79 Å². The molecule has 31 heavy (non-hydrogen) atoms. The van der Waals surface area contributed by atoms with E-state index >= 15 is 0 Å². The number of nitrogens with one attached hydrogen (secondary N) is 1. The van der Waals surface area contributed by atoms with E-state index in [2.05, 4.69) is 38.0 Å². The summed E-state index contributed by atoms with van der Waals surface area (Å²) in [4.78, 5) is 16.6. The van der Waals surface area contributed by atoms with Gasteiger partial charge in [0, 0.05) is 27.7 Å². The third-order valence-electron chi connectivity index (χ3n) is 4.52. The van der Waals surface area contributed by atoms with Crippen molar-refractivity contribution in [3.05, 3.63) is 93.9 Å². The van der Waals surface area contributed by atoms with Crippen LogP contribution in [0.2, 0.25) is 0 Å². The van der Waals surface area contributed by atoms with Crippen molar-refractivity contribution in [2.75, 3.05) is 5.32 Å². The minimum atomic E-state index is -0.119. The van der Waals surface area contributed by atoms with Crippen molar-refractivity contribution in [3.63, 3.8) is 0 Å². The molecule has 4 rings (SSSR count). The van der Waals surface area contributed by atoms with E-state index in [9.17, 15) is 4.79 Å². The molecule has 1 amide bonds. The first-order valence-electron chi connectivity index (χ1n) is 9.81. The van der Waals surface area contributed by atoms with Crippen LogP contribution in [-0.4, -0.2) is 16.0 Å². The van der Waals surface area contributed by atoms with Crippen molar-refractivity contribution < 1.29 is 14.1 Å². The zero-order chi connectivity index (χ0) is 21.5. The number of carbonyl (C=O) groups is 1. The molecule has 7 heteroatoms. The number of benzene rings is 3. The first-order valence-corrected chi connectivity index (χ1v) is 10.9. The zero-order valence-electron chi connectivity index (χ0n) is 16.6. The van der Waals surface area contributed by atoms with Crippen molar-refractivity contribution in [1.82, 2.24) is 10.1 Å². The molecular formula is C24H20IN3O3. The van der Waals surface area contributed by atoms with Gasteiger partial charge in [0.1, 0.15) is 12.4 Å².